The minimum Gasteiger partial charge on any atom is -0.466 e. The van der Waals surface area contributed by atoms with Crippen LogP contribution in [0.4, 0.5) is 0 Å². The summed E-state index contributed by atoms with van der Waals surface area (Å²) in [5, 5.41) is 23.2. The third kappa shape index (κ3) is 53.8. The molecule has 0 heterocycles. The van der Waals surface area contributed by atoms with E-state index in [1.54, 1.807) is 0 Å². The lowest BCUT2D eigenvalue weighted by Gasteiger charge is -2.22. The second-order valence-corrected chi connectivity index (χ2v) is 21.0. The lowest BCUT2D eigenvalue weighted by Crippen LogP contribution is -2.45. The van der Waals surface area contributed by atoms with Gasteiger partial charge in [0.25, 0.3) is 0 Å². The molecule has 398 valence electrons. The highest BCUT2D eigenvalue weighted by atomic mass is 16.5. The Morgan fingerprint density at radius 1 is 0.403 bits per heavy atom. The molecule has 0 aliphatic rings. The monoisotopic (exact) mass is 946 g/mol. The van der Waals surface area contributed by atoms with Gasteiger partial charge >= 0.3 is 5.97 Å². The fourth-order valence-corrected chi connectivity index (χ4v) is 9.64. The molecule has 6 heteroatoms. The summed E-state index contributed by atoms with van der Waals surface area (Å²) in [4.78, 5) is 24.5. The molecule has 0 bridgehead atoms. The maximum absolute atomic E-state index is 12.4. The van der Waals surface area contributed by atoms with Gasteiger partial charge in [-0.3, -0.25) is 9.59 Å². The predicted octanol–water partition coefficient (Wildman–Crippen LogP) is 18.9. The number of ether oxygens (including phenoxy) is 1. The molecule has 0 saturated carbocycles. The minimum absolute atomic E-state index is 0.0116. The van der Waals surface area contributed by atoms with E-state index < -0.39 is 12.1 Å². The molecule has 0 spiro atoms. The summed E-state index contributed by atoms with van der Waals surface area (Å²) in [6.45, 7) is 4.95. The number of unbranched alkanes of at least 4 members (excludes halogenated alkanes) is 44. The smallest absolute Gasteiger partial charge is 0.305 e. The summed E-state index contributed by atoms with van der Waals surface area (Å²) in [7, 11) is 0. The maximum Gasteiger partial charge on any atom is 0.305 e. The van der Waals surface area contributed by atoms with Gasteiger partial charge in [-0.05, 0) is 51.4 Å². The molecule has 0 aromatic heterocycles. The van der Waals surface area contributed by atoms with Crippen LogP contribution in [0.1, 0.15) is 341 Å². The van der Waals surface area contributed by atoms with E-state index in [1.807, 2.05) is 0 Å². The lowest BCUT2D eigenvalue weighted by atomic mass is 10.0. The van der Waals surface area contributed by atoms with Crippen LogP contribution in [0, 0.1) is 0 Å². The zero-order valence-electron chi connectivity index (χ0n) is 45.4. The van der Waals surface area contributed by atoms with Crippen molar-refractivity contribution in [3.8, 4) is 0 Å². The van der Waals surface area contributed by atoms with Crippen LogP contribution in [0.3, 0.4) is 0 Å². The van der Waals surface area contributed by atoms with Crippen molar-refractivity contribution < 1.29 is 24.5 Å². The molecule has 2 atom stereocenters. The van der Waals surface area contributed by atoms with Crippen LogP contribution < -0.4 is 5.32 Å². The molecule has 67 heavy (non-hydrogen) atoms. The van der Waals surface area contributed by atoms with E-state index in [0.717, 1.165) is 44.9 Å². The molecular weight excluding hydrogens is 827 g/mol. The van der Waals surface area contributed by atoms with Gasteiger partial charge in [-0.2, -0.15) is 0 Å². The Hall–Kier alpha value is -1.40. The highest BCUT2D eigenvalue weighted by molar-refractivity contribution is 5.76. The van der Waals surface area contributed by atoms with Crippen molar-refractivity contribution >= 4 is 11.9 Å². The van der Waals surface area contributed by atoms with Gasteiger partial charge in [0.2, 0.25) is 5.91 Å². The largest absolute Gasteiger partial charge is 0.466 e. The van der Waals surface area contributed by atoms with Gasteiger partial charge < -0.3 is 20.3 Å². The van der Waals surface area contributed by atoms with Crippen molar-refractivity contribution in [3.05, 3.63) is 12.2 Å². The number of aliphatic hydroxyl groups is 2. The van der Waals surface area contributed by atoms with Gasteiger partial charge in [0.05, 0.1) is 25.4 Å². The summed E-state index contributed by atoms with van der Waals surface area (Å²) >= 11 is 0. The van der Waals surface area contributed by atoms with Crippen LogP contribution in [0.5, 0.6) is 0 Å². The summed E-state index contributed by atoms with van der Waals surface area (Å²) in [6, 6.07) is -0.538. The predicted molar refractivity (Wildman–Crippen MR) is 292 cm³/mol. The molecule has 2 unspecified atom stereocenters. The molecule has 0 aromatic carbocycles. The summed E-state index contributed by atoms with van der Waals surface area (Å²) < 4.78 is 5.49. The molecule has 0 aliphatic carbocycles. The zero-order valence-corrected chi connectivity index (χ0v) is 45.4. The van der Waals surface area contributed by atoms with Crippen LogP contribution in [0.25, 0.3) is 0 Å². The van der Waals surface area contributed by atoms with Crippen LogP contribution in [-0.2, 0) is 14.3 Å². The van der Waals surface area contributed by atoms with E-state index in [0.29, 0.717) is 25.9 Å². The number of allylic oxidation sites excluding steroid dienone is 2. The molecule has 0 saturated heterocycles. The standard InChI is InChI=1S/C61H119NO5/c1-3-5-7-9-11-13-15-16-17-25-29-32-35-39-43-47-51-55-61(66)67-56-52-48-44-40-36-33-30-27-24-22-20-18-19-21-23-26-28-31-34-38-42-46-50-54-60(65)62-58(57-63)59(64)53-49-45-41-37-14-12-10-8-6-4-2/h16-17,58-59,63-64H,3-15,18-57H2,1-2H3,(H,62,65)/b17-16-. The first-order valence-electron chi connectivity index (χ1n) is 30.4. The van der Waals surface area contributed by atoms with Gasteiger partial charge in [-0.1, -0.05) is 289 Å². The fourth-order valence-electron chi connectivity index (χ4n) is 9.64. The number of esters is 1. The average molecular weight is 947 g/mol. The Morgan fingerprint density at radius 3 is 1.06 bits per heavy atom. The van der Waals surface area contributed by atoms with Crippen molar-refractivity contribution in [2.45, 2.75) is 353 Å². The Morgan fingerprint density at radius 2 is 0.701 bits per heavy atom. The van der Waals surface area contributed by atoms with E-state index in [4.69, 9.17) is 4.74 Å². The number of aliphatic hydroxyl groups excluding tert-OH is 2. The second-order valence-electron chi connectivity index (χ2n) is 21.0. The third-order valence-corrected chi connectivity index (χ3v) is 14.3. The zero-order chi connectivity index (χ0) is 48.6. The molecule has 0 fully saturated rings. The number of rotatable bonds is 57. The summed E-state index contributed by atoms with van der Waals surface area (Å²) in [6.07, 6.45) is 68.0. The minimum atomic E-state index is -0.661. The number of hydrogen-bond acceptors (Lipinski definition) is 5. The van der Waals surface area contributed by atoms with Crippen LogP contribution in [0.2, 0.25) is 0 Å². The average Bonchev–Trinajstić information content (AvgIpc) is 3.33. The van der Waals surface area contributed by atoms with E-state index in [2.05, 4.69) is 31.3 Å². The van der Waals surface area contributed by atoms with Crippen LogP contribution in [-0.4, -0.2) is 47.4 Å². The molecule has 6 nitrogen and oxygen atoms in total. The fraction of sp³-hybridized carbons (Fsp3) is 0.934. The topological polar surface area (TPSA) is 95.9 Å². The van der Waals surface area contributed by atoms with Gasteiger partial charge in [0.1, 0.15) is 0 Å². The molecule has 0 aromatic rings. The third-order valence-electron chi connectivity index (χ3n) is 14.3. The first-order valence-corrected chi connectivity index (χ1v) is 30.4. The van der Waals surface area contributed by atoms with Gasteiger partial charge in [0, 0.05) is 12.8 Å². The first kappa shape index (κ1) is 65.6. The van der Waals surface area contributed by atoms with Gasteiger partial charge in [-0.15, -0.1) is 0 Å². The summed E-state index contributed by atoms with van der Waals surface area (Å²) in [5.74, 6) is -0.0232. The van der Waals surface area contributed by atoms with Crippen molar-refractivity contribution in [3.63, 3.8) is 0 Å². The summed E-state index contributed by atoms with van der Waals surface area (Å²) in [5.41, 5.74) is 0. The van der Waals surface area contributed by atoms with Crippen molar-refractivity contribution in [2.75, 3.05) is 13.2 Å². The Balaban J connectivity index is 3.33. The SMILES string of the molecule is CCCCCCCC/C=C\CCCCCCCCCC(=O)OCCCCCCCCCCCCCCCCCCCCCCCCCC(=O)NC(CO)C(O)CCCCCCCCCCCC. The molecule has 1 amide bonds. The number of nitrogens with one attached hydrogen (secondary N) is 1. The van der Waals surface area contributed by atoms with Crippen LogP contribution >= 0.6 is 0 Å². The normalized spacial score (nSPS) is 12.6. The molecule has 0 rings (SSSR count). The highest BCUT2D eigenvalue weighted by Gasteiger charge is 2.20. The number of carbonyl (C=O) groups is 2. The van der Waals surface area contributed by atoms with Crippen LogP contribution in [0.15, 0.2) is 12.2 Å². The highest BCUT2D eigenvalue weighted by Crippen LogP contribution is 2.18. The number of carbonyl (C=O) groups excluding carboxylic acids is 2. The van der Waals surface area contributed by atoms with Gasteiger partial charge in [0.15, 0.2) is 0 Å². The number of amides is 1. The van der Waals surface area contributed by atoms with E-state index in [9.17, 15) is 19.8 Å². The van der Waals surface area contributed by atoms with E-state index >= 15 is 0 Å². The lowest BCUT2D eigenvalue weighted by molar-refractivity contribution is -0.143. The first-order chi connectivity index (χ1) is 33.0. The quantitative estimate of drug-likeness (QED) is 0.0321. The van der Waals surface area contributed by atoms with Gasteiger partial charge in [-0.25, -0.2) is 0 Å². The van der Waals surface area contributed by atoms with E-state index in [-0.39, 0.29) is 18.5 Å². The molecule has 0 aliphatic heterocycles. The van der Waals surface area contributed by atoms with Crippen molar-refractivity contribution in [1.29, 1.82) is 0 Å². The Bertz CT molecular complexity index is 1000. The number of hydrogen-bond donors (Lipinski definition) is 3. The van der Waals surface area contributed by atoms with Crippen molar-refractivity contribution in [2.24, 2.45) is 0 Å². The van der Waals surface area contributed by atoms with Crippen molar-refractivity contribution in [1.82, 2.24) is 5.32 Å². The Kier molecular flexibility index (Phi) is 56.0. The molecule has 0 radical (unpaired) electrons. The molecular formula is C61H119NO5. The van der Waals surface area contributed by atoms with E-state index in [1.165, 1.54) is 263 Å². The molecule has 3 N–H and O–H groups in total. The Labute approximate surface area is 419 Å². The second kappa shape index (κ2) is 57.2. The maximum atomic E-state index is 12.4.